The number of carboxylic acids is 1. The Morgan fingerprint density at radius 1 is 0.968 bits per heavy atom. The van der Waals surface area contributed by atoms with Gasteiger partial charge in [-0.15, -0.1) is 0 Å². The van der Waals surface area contributed by atoms with E-state index in [0.717, 1.165) is 48.5 Å². The van der Waals surface area contributed by atoms with Crippen LogP contribution in [0.1, 0.15) is 10.4 Å². The number of pyridine rings is 1. The number of nitrogens with zero attached hydrogens (tertiary/aromatic N) is 4. The lowest BCUT2D eigenvalue weighted by Gasteiger charge is -2.34. The number of anilines is 1. The van der Waals surface area contributed by atoms with Gasteiger partial charge >= 0.3 is 5.97 Å². The number of H-pyrrole nitrogens is 1. The van der Waals surface area contributed by atoms with Gasteiger partial charge in [-0.3, -0.25) is 5.10 Å². The van der Waals surface area contributed by atoms with E-state index < -0.39 is 5.97 Å². The minimum absolute atomic E-state index is 0.232. The molecular formula is C24H23N5O2. The number of piperazine rings is 1. The van der Waals surface area contributed by atoms with Crippen molar-refractivity contribution in [3.05, 3.63) is 66.2 Å². The zero-order chi connectivity index (χ0) is 21.4. The molecule has 0 unspecified atom stereocenters. The van der Waals surface area contributed by atoms with E-state index in [2.05, 4.69) is 51.3 Å². The highest BCUT2D eigenvalue weighted by Gasteiger charge is 2.17. The van der Waals surface area contributed by atoms with Crippen LogP contribution in [0.5, 0.6) is 0 Å². The molecule has 156 valence electrons. The zero-order valence-electron chi connectivity index (χ0n) is 17.2. The average molecular weight is 413 g/mol. The molecule has 0 saturated carbocycles. The van der Waals surface area contributed by atoms with Gasteiger partial charge in [0.2, 0.25) is 0 Å². The molecule has 0 atom stereocenters. The first-order valence-corrected chi connectivity index (χ1v) is 10.3. The number of hydrogen-bond donors (Lipinski definition) is 2. The first kappa shape index (κ1) is 19.3. The first-order chi connectivity index (χ1) is 15.1. The monoisotopic (exact) mass is 413 g/mol. The number of aromatic amines is 1. The fraction of sp³-hybridized carbons (Fsp3) is 0.208. The van der Waals surface area contributed by atoms with Crippen molar-refractivity contribution in [3.63, 3.8) is 0 Å². The molecule has 0 amide bonds. The molecule has 2 aromatic heterocycles. The third-order valence-corrected chi connectivity index (χ3v) is 5.85. The van der Waals surface area contributed by atoms with Gasteiger partial charge in [0.15, 0.2) is 0 Å². The second-order valence-electron chi connectivity index (χ2n) is 7.85. The Bertz CT molecular complexity index is 1240. The third-order valence-electron chi connectivity index (χ3n) is 5.85. The van der Waals surface area contributed by atoms with Gasteiger partial charge < -0.3 is 14.9 Å². The predicted octanol–water partition coefficient (Wildman–Crippen LogP) is 3.74. The van der Waals surface area contributed by atoms with Crippen molar-refractivity contribution in [2.24, 2.45) is 0 Å². The summed E-state index contributed by atoms with van der Waals surface area (Å²) < 4.78 is 0. The molecule has 0 spiro atoms. The standard InChI is InChI=1S/C24H23N5O2/c1-28-12-14-29(15-13-28)17-8-6-16(7-9-17)22-23-21(26-27-22)11-10-20(25-23)18-4-2-3-5-19(18)24(30)31/h2-11H,12-15H2,1H3,(H,26,27)(H,30,31). The lowest BCUT2D eigenvalue weighted by Crippen LogP contribution is -2.44. The van der Waals surface area contributed by atoms with E-state index >= 15 is 0 Å². The number of fused-ring (bicyclic) bond motifs is 1. The van der Waals surface area contributed by atoms with Crippen LogP contribution in [-0.2, 0) is 0 Å². The van der Waals surface area contributed by atoms with Crippen LogP contribution in [0, 0.1) is 0 Å². The molecule has 31 heavy (non-hydrogen) atoms. The number of carbonyl (C=O) groups is 1. The van der Waals surface area contributed by atoms with Crippen LogP contribution in [-0.4, -0.2) is 64.4 Å². The van der Waals surface area contributed by atoms with Crippen molar-refractivity contribution in [1.29, 1.82) is 0 Å². The summed E-state index contributed by atoms with van der Waals surface area (Å²) >= 11 is 0. The van der Waals surface area contributed by atoms with Crippen molar-refractivity contribution in [2.75, 3.05) is 38.1 Å². The second kappa shape index (κ2) is 7.85. The molecule has 0 bridgehead atoms. The van der Waals surface area contributed by atoms with Gasteiger partial charge in [0.1, 0.15) is 11.2 Å². The number of rotatable bonds is 4. The molecule has 7 nitrogen and oxygen atoms in total. The molecule has 0 radical (unpaired) electrons. The Morgan fingerprint density at radius 3 is 2.45 bits per heavy atom. The summed E-state index contributed by atoms with van der Waals surface area (Å²) in [5.74, 6) is -0.968. The van der Waals surface area contributed by atoms with Gasteiger partial charge in [0, 0.05) is 43.0 Å². The van der Waals surface area contributed by atoms with Gasteiger partial charge in [0.25, 0.3) is 0 Å². The van der Waals surface area contributed by atoms with Gasteiger partial charge in [-0.2, -0.15) is 5.10 Å². The third kappa shape index (κ3) is 3.64. The van der Waals surface area contributed by atoms with Gasteiger partial charge in [-0.05, 0) is 37.4 Å². The van der Waals surface area contributed by atoms with E-state index in [1.165, 1.54) is 5.69 Å². The minimum Gasteiger partial charge on any atom is -0.478 e. The number of benzene rings is 2. The first-order valence-electron chi connectivity index (χ1n) is 10.3. The number of aromatic nitrogens is 3. The van der Waals surface area contributed by atoms with Gasteiger partial charge in [-0.25, -0.2) is 9.78 Å². The molecule has 7 heteroatoms. The van der Waals surface area contributed by atoms with Crippen molar-refractivity contribution >= 4 is 22.7 Å². The molecule has 1 aliphatic heterocycles. The maximum absolute atomic E-state index is 11.6. The van der Waals surface area contributed by atoms with Crippen LogP contribution >= 0.6 is 0 Å². The van der Waals surface area contributed by atoms with Crippen LogP contribution < -0.4 is 4.90 Å². The van der Waals surface area contributed by atoms with Crippen LogP contribution in [0.15, 0.2) is 60.7 Å². The van der Waals surface area contributed by atoms with E-state index in [1.807, 2.05) is 18.2 Å². The Hall–Kier alpha value is -3.71. The van der Waals surface area contributed by atoms with Crippen molar-refractivity contribution in [2.45, 2.75) is 0 Å². The smallest absolute Gasteiger partial charge is 0.336 e. The van der Waals surface area contributed by atoms with E-state index in [1.54, 1.807) is 18.2 Å². The maximum Gasteiger partial charge on any atom is 0.336 e. The SMILES string of the molecule is CN1CCN(c2ccc(-c3n[nH]c4ccc(-c5ccccc5C(=O)O)nc34)cc2)CC1. The molecule has 1 saturated heterocycles. The Labute approximate surface area is 180 Å². The molecule has 2 aromatic carbocycles. The summed E-state index contributed by atoms with van der Waals surface area (Å²) in [6.45, 7) is 4.18. The Morgan fingerprint density at radius 2 is 1.71 bits per heavy atom. The average Bonchev–Trinajstić information content (AvgIpc) is 3.23. The largest absolute Gasteiger partial charge is 0.478 e. The van der Waals surface area contributed by atoms with Crippen LogP contribution in [0.2, 0.25) is 0 Å². The summed E-state index contributed by atoms with van der Waals surface area (Å²) in [6.07, 6.45) is 0. The lowest BCUT2D eigenvalue weighted by molar-refractivity contribution is 0.0697. The highest BCUT2D eigenvalue weighted by molar-refractivity contribution is 5.97. The summed E-state index contributed by atoms with van der Waals surface area (Å²) in [7, 11) is 2.15. The molecule has 4 aromatic rings. The highest BCUT2D eigenvalue weighted by Crippen LogP contribution is 2.30. The molecule has 0 aliphatic carbocycles. The van der Waals surface area contributed by atoms with Crippen molar-refractivity contribution in [3.8, 4) is 22.5 Å². The summed E-state index contributed by atoms with van der Waals surface area (Å²) in [4.78, 5) is 21.1. The number of aromatic carboxylic acids is 1. The molecule has 5 rings (SSSR count). The zero-order valence-corrected chi connectivity index (χ0v) is 17.2. The molecular weight excluding hydrogens is 390 g/mol. The topological polar surface area (TPSA) is 85.3 Å². The Balaban J connectivity index is 1.50. The van der Waals surface area contributed by atoms with Crippen LogP contribution in [0.25, 0.3) is 33.5 Å². The molecule has 3 heterocycles. The predicted molar refractivity (Wildman–Crippen MR) is 121 cm³/mol. The van der Waals surface area contributed by atoms with E-state index in [0.29, 0.717) is 11.3 Å². The molecule has 2 N–H and O–H groups in total. The van der Waals surface area contributed by atoms with Gasteiger partial charge in [-0.1, -0.05) is 30.3 Å². The quantitative estimate of drug-likeness (QED) is 0.530. The van der Waals surface area contributed by atoms with Crippen LogP contribution in [0.3, 0.4) is 0 Å². The highest BCUT2D eigenvalue weighted by atomic mass is 16.4. The van der Waals surface area contributed by atoms with Crippen molar-refractivity contribution in [1.82, 2.24) is 20.1 Å². The van der Waals surface area contributed by atoms with E-state index in [-0.39, 0.29) is 5.56 Å². The van der Waals surface area contributed by atoms with Gasteiger partial charge in [0.05, 0.1) is 16.8 Å². The number of carboxylic acid groups (broad SMARTS) is 1. The fourth-order valence-corrected chi connectivity index (χ4v) is 4.04. The lowest BCUT2D eigenvalue weighted by atomic mass is 10.0. The number of likely N-dealkylation sites (N-methyl/N-ethyl adjacent to an activating group) is 1. The maximum atomic E-state index is 11.6. The molecule has 1 fully saturated rings. The molecule has 1 aliphatic rings. The van der Waals surface area contributed by atoms with E-state index in [9.17, 15) is 9.90 Å². The second-order valence-corrected chi connectivity index (χ2v) is 7.85. The fourth-order valence-electron chi connectivity index (χ4n) is 4.04. The normalized spacial score (nSPS) is 14.8. The van der Waals surface area contributed by atoms with E-state index in [4.69, 9.17) is 4.98 Å². The Kier molecular flexibility index (Phi) is 4.88. The van der Waals surface area contributed by atoms with Crippen molar-refractivity contribution < 1.29 is 9.90 Å². The number of nitrogens with one attached hydrogen (secondary N) is 1. The summed E-state index contributed by atoms with van der Waals surface area (Å²) in [5.41, 5.74) is 5.92. The summed E-state index contributed by atoms with van der Waals surface area (Å²) in [6, 6.07) is 19.0. The minimum atomic E-state index is -0.968. The summed E-state index contributed by atoms with van der Waals surface area (Å²) in [5, 5.41) is 17.1. The number of hydrogen-bond acceptors (Lipinski definition) is 5. The van der Waals surface area contributed by atoms with Crippen LogP contribution in [0.4, 0.5) is 5.69 Å².